The fraction of sp³-hybridized carbons (Fsp3) is 0.125. The van der Waals surface area contributed by atoms with Crippen molar-refractivity contribution in [3.63, 3.8) is 0 Å². The summed E-state index contributed by atoms with van der Waals surface area (Å²) in [6.45, 7) is 0.727. The summed E-state index contributed by atoms with van der Waals surface area (Å²) in [7, 11) is 0. The van der Waals surface area contributed by atoms with Gasteiger partial charge in [-0.25, -0.2) is 0 Å². The molecule has 0 aromatic carbocycles. The van der Waals surface area contributed by atoms with E-state index >= 15 is 0 Å². The van der Waals surface area contributed by atoms with Gasteiger partial charge in [0.25, 0.3) is 0 Å². The third kappa shape index (κ3) is 1.02. The van der Waals surface area contributed by atoms with Gasteiger partial charge in [-0.1, -0.05) is 0 Å². The molecule has 0 spiro atoms. The maximum absolute atomic E-state index is 5.08. The molecule has 1 aromatic rings. The molecule has 0 saturated carbocycles. The average molecular weight is 163 g/mol. The highest BCUT2D eigenvalue weighted by molar-refractivity contribution is 5.72. The van der Waals surface area contributed by atoms with Crippen LogP contribution in [-0.2, 0) is 4.84 Å². The first-order valence-electron chi connectivity index (χ1n) is 3.68. The largest absolute Gasteiger partial charge is 0.409 e. The van der Waals surface area contributed by atoms with Crippen molar-refractivity contribution in [2.24, 2.45) is 5.90 Å². The van der Waals surface area contributed by atoms with Crippen molar-refractivity contribution in [2.45, 2.75) is 0 Å². The number of nitrogens with one attached hydrogen (secondary N) is 1. The smallest absolute Gasteiger partial charge is 0.172 e. The van der Waals surface area contributed by atoms with E-state index in [9.17, 15) is 0 Å². The summed E-state index contributed by atoms with van der Waals surface area (Å²) in [5, 5.41) is 3.15. The Hall–Kier alpha value is -1.55. The van der Waals surface area contributed by atoms with Gasteiger partial charge in [0.15, 0.2) is 5.76 Å². The zero-order valence-electron chi connectivity index (χ0n) is 6.45. The van der Waals surface area contributed by atoms with Crippen molar-refractivity contribution in [2.75, 3.05) is 11.9 Å². The van der Waals surface area contributed by atoms with E-state index in [0.29, 0.717) is 5.76 Å². The van der Waals surface area contributed by atoms with E-state index in [2.05, 4.69) is 15.1 Å². The van der Waals surface area contributed by atoms with Gasteiger partial charge >= 0.3 is 0 Å². The lowest BCUT2D eigenvalue weighted by atomic mass is 10.2. The van der Waals surface area contributed by atoms with Crippen molar-refractivity contribution < 1.29 is 4.84 Å². The van der Waals surface area contributed by atoms with Crippen molar-refractivity contribution in [1.82, 2.24) is 4.98 Å². The first kappa shape index (κ1) is 7.12. The summed E-state index contributed by atoms with van der Waals surface area (Å²) >= 11 is 0. The van der Waals surface area contributed by atoms with E-state index in [1.165, 1.54) is 0 Å². The maximum Gasteiger partial charge on any atom is 0.172 e. The van der Waals surface area contributed by atoms with Crippen LogP contribution in [0, 0.1) is 0 Å². The Balaban J connectivity index is 2.48. The summed E-state index contributed by atoms with van der Waals surface area (Å²) in [5.41, 5.74) is 1.73. The Morgan fingerprint density at radius 2 is 2.50 bits per heavy atom. The molecular weight excluding hydrogens is 154 g/mol. The number of hydrogen-bond acceptors (Lipinski definition) is 4. The molecule has 0 aliphatic carbocycles. The number of pyridine rings is 1. The maximum atomic E-state index is 5.08. The van der Waals surface area contributed by atoms with Gasteiger partial charge in [0.1, 0.15) is 5.69 Å². The molecule has 0 bridgehead atoms. The lowest BCUT2D eigenvalue weighted by Gasteiger charge is -2.15. The molecule has 3 N–H and O–H groups in total. The van der Waals surface area contributed by atoms with E-state index in [0.717, 1.165) is 17.9 Å². The summed E-state index contributed by atoms with van der Waals surface area (Å²) in [6.07, 6.45) is 3.56. The first-order valence-corrected chi connectivity index (χ1v) is 3.68. The third-order valence-corrected chi connectivity index (χ3v) is 1.75. The van der Waals surface area contributed by atoms with Gasteiger partial charge in [-0.2, -0.15) is 5.90 Å². The number of aromatic nitrogens is 1. The molecule has 2 rings (SSSR count). The SMILES string of the molecule is NOC1=CCNc2cccnc21. The van der Waals surface area contributed by atoms with Crippen molar-refractivity contribution in [3.05, 3.63) is 30.1 Å². The second-order valence-corrected chi connectivity index (χ2v) is 2.47. The standard InChI is InChI=1S/C8H9N3O/c9-12-7-3-5-10-6-2-1-4-11-8(6)7/h1-4,10H,5,9H2. The summed E-state index contributed by atoms with van der Waals surface area (Å²) in [6, 6.07) is 3.81. The normalized spacial score (nSPS) is 14.2. The fourth-order valence-electron chi connectivity index (χ4n) is 1.20. The second kappa shape index (κ2) is 2.83. The Labute approximate surface area is 70.0 Å². The minimum Gasteiger partial charge on any atom is -0.409 e. The Morgan fingerprint density at radius 1 is 1.58 bits per heavy atom. The summed E-state index contributed by atoms with van der Waals surface area (Å²) < 4.78 is 0. The minimum atomic E-state index is 0.629. The van der Waals surface area contributed by atoms with Gasteiger partial charge in [0, 0.05) is 12.7 Å². The van der Waals surface area contributed by atoms with Crippen LogP contribution in [0.1, 0.15) is 5.69 Å². The highest BCUT2D eigenvalue weighted by atomic mass is 16.6. The first-order chi connectivity index (χ1) is 5.92. The number of fused-ring (bicyclic) bond motifs is 1. The molecule has 62 valence electrons. The predicted octanol–water partition coefficient (Wildman–Crippen LogP) is 0.738. The number of nitrogens with zero attached hydrogens (tertiary/aromatic N) is 1. The molecule has 0 saturated heterocycles. The minimum absolute atomic E-state index is 0.629. The number of hydrogen-bond donors (Lipinski definition) is 2. The van der Waals surface area contributed by atoms with Crippen LogP contribution in [0.5, 0.6) is 0 Å². The Bertz CT molecular complexity index is 322. The van der Waals surface area contributed by atoms with Gasteiger partial charge in [-0.05, 0) is 18.2 Å². The quantitative estimate of drug-likeness (QED) is 0.599. The van der Waals surface area contributed by atoms with Gasteiger partial charge < -0.3 is 10.2 Å². The van der Waals surface area contributed by atoms with Crippen LogP contribution in [0.25, 0.3) is 5.76 Å². The van der Waals surface area contributed by atoms with Crippen molar-refractivity contribution >= 4 is 11.4 Å². The molecule has 4 heteroatoms. The van der Waals surface area contributed by atoms with Crippen LogP contribution in [-0.4, -0.2) is 11.5 Å². The predicted molar refractivity (Wildman–Crippen MR) is 46.0 cm³/mol. The van der Waals surface area contributed by atoms with Crippen LogP contribution in [0.3, 0.4) is 0 Å². The molecule has 0 radical (unpaired) electrons. The summed E-state index contributed by atoms with van der Waals surface area (Å²) in [4.78, 5) is 8.81. The summed E-state index contributed by atoms with van der Waals surface area (Å²) in [5.74, 6) is 5.71. The van der Waals surface area contributed by atoms with Crippen molar-refractivity contribution in [1.29, 1.82) is 0 Å². The molecule has 12 heavy (non-hydrogen) atoms. The van der Waals surface area contributed by atoms with E-state index in [1.807, 2.05) is 18.2 Å². The van der Waals surface area contributed by atoms with Gasteiger partial charge in [0.05, 0.1) is 5.69 Å². The van der Waals surface area contributed by atoms with Crippen LogP contribution in [0.15, 0.2) is 24.4 Å². The van der Waals surface area contributed by atoms with Crippen LogP contribution in [0.2, 0.25) is 0 Å². The fourth-order valence-corrected chi connectivity index (χ4v) is 1.20. The number of anilines is 1. The molecule has 0 atom stereocenters. The number of rotatable bonds is 1. The number of nitrogens with two attached hydrogens (primary N) is 1. The molecule has 1 aliphatic rings. The monoisotopic (exact) mass is 163 g/mol. The Kier molecular flexibility index (Phi) is 1.68. The molecule has 4 nitrogen and oxygen atoms in total. The molecule has 0 fully saturated rings. The Morgan fingerprint density at radius 3 is 3.33 bits per heavy atom. The molecule has 1 aromatic heterocycles. The third-order valence-electron chi connectivity index (χ3n) is 1.75. The van der Waals surface area contributed by atoms with Crippen LogP contribution >= 0.6 is 0 Å². The van der Waals surface area contributed by atoms with Crippen LogP contribution < -0.4 is 11.2 Å². The zero-order chi connectivity index (χ0) is 8.39. The molecular formula is C8H9N3O. The lowest BCUT2D eigenvalue weighted by molar-refractivity contribution is 0.288. The highest BCUT2D eigenvalue weighted by Crippen LogP contribution is 2.23. The van der Waals surface area contributed by atoms with E-state index in [4.69, 9.17) is 5.90 Å². The van der Waals surface area contributed by atoms with Crippen LogP contribution in [0.4, 0.5) is 5.69 Å². The molecule has 2 heterocycles. The van der Waals surface area contributed by atoms with E-state index in [1.54, 1.807) is 6.20 Å². The zero-order valence-corrected chi connectivity index (χ0v) is 6.45. The van der Waals surface area contributed by atoms with Gasteiger partial charge in [-0.15, -0.1) is 0 Å². The highest BCUT2D eigenvalue weighted by Gasteiger charge is 2.12. The second-order valence-electron chi connectivity index (χ2n) is 2.47. The lowest BCUT2D eigenvalue weighted by Crippen LogP contribution is -2.12. The topological polar surface area (TPSA) is 60.2 Å². The van der Waals surface area contributed by atoms with Crippen molar-refractivity contribution in [3.8, 4) is 0 Å². The molecule has 0 amide bonds. The van der Waals surface area contributed by atoms with Gasteiger partial charge in [-0.3, -0.25) is 4.98 Å². The van der Waals surface area contributed by atoms with E-state index in [-0.39, 0.29) is 0 Å². The average Bonchev–Trinajstić information content (AvgIpc) is 2.17. The molecule has 1 aliphatic heterocycles. The molecule has 0 unspecified atom stereocenters. The van der Waals surface area contributed by atoms with Gasteiger partial charge in [0.2, 0.25) is 0 Å². The van der Waals surface area contributed by atoms with E-state index < -0.39 is 0 Å².